The summed E-state index contributed by atoms with van der Waals surface area (Å²) in [5.74, 6) is 0. The zero-order valence-electron chi connectivity index (χ0n) is 7.37. The predicted octanol–water partition coefficient (Wildman–Crippen LogP) is 3.99. The average Bonchev–Trinajstić information content (AvgIpc) is 2.60. The molecule has 0 spiro atoms. The molecule has 1 aromatic carbocycles. The Hall–Kier alpha value is -1.08. The summed E-state index contributed by atoms with van der Waals surface area (Å²) in [5.41, 5.74) is 1.13. The number of hydrogen-bond donors (Lipinski definition) is 0. The van der Waals surface area contributed by atoms with Crippen molar-refractivity contribution in [3.8, 4) is 16.6 Å². The van der Waals surface area contributed by atoms with Gasteiger partial charge in [0.05, 0.1) is 0 Å². The lowest BCUT2D eigenvalue weighted by molar-refractivity contribution is 1.33. The molecule has 0 fully saturated rings. The van der Waals surface area contributed by atoms with Crippen molar-refractivity contribution in [2.45, 2.75) is 0 Å². The Labute approximate surface area is 101 Å². The standard InChI is InChI=1S/C10H4Cl2N2S/c11-7-3-1-2-6(4-7)10-14-8(5-13)9(12)15-10/h1-4H. The third-order valence-electron chi connectivity index (χ3n) is 1.76. The largest absolute Gasteiger partial charge is 0.224 e. The van der Waals surface area contributed by atoms with Crippen LogP contribution in [0.25, 0.3) is 10.6 Å². The minimum Gasteiger partial charge on any atom is -0.224 e. The van der Waals surface area contributed by atoms with Gasteiger partial charge in [-0.1, -0.05) is 35.3 Å². The molecule has 2 nitrogen and oxygen atoms in total. The number of halogens is 2. The van der Waals surface area contributed by atoms with Crippen LogP contribution >= 0.6 is 34.5 Å². The molecule has 0 aliphatic rings. The highest BCUT2D eigenvalue weighted by atomic mass is 35.5. The Morgan fingerprint density at radius 1 is 1.33 bits per heavy atom. The van der Waals surface area contributed by atoms with Crippen molar-refractivity contribution in [2.24, 2.45) is 0 Å². The lowest BCUT2D eigenvalue weighted by Gasteiger charge is -1.95. The van der Waals surface area contributed by atoms with E-state index in [2.05, 4.69) is 4.98 Å². The lowest BCUT2D eigenvalue weighted by atomic mass is 10.2. The maximum atomic E-state index is 8.72. The Balaban J connectivity index is 2.51. The van der Waals surface area contributed by atoms with E-state index in [0.717, 1.165) is 5.56 Å². The van der Waals surface area contributed by atoms with E-state index in [1.165, 1.54) is 11.3 Å². The minimum atomic E-state index is 0.261. The molecule has 1 aromatic heterocycles. The van der Waals surface area contributed by atoms with Crippen LogP contribution in [0, 0.1) is 11.3 Å². The molecule has 74 valence electrons. The van der Waals surface area contributed by atoms with Gasteiger partial charge in [0.25, 0.3) is 0 Å². The van der Waals surface area contributed by atoms with Gasteiger partial charge in [-0.05, 0) is 12.1 Å². The van der Waals surface area contributed by atoms with Gasteiger partial charge >= 0.3 is 0 Å². The molecule has 2 aromatic rings. The van der Waals surface area contributed by atoms with Gasteiger partial charge in [-0.2, -0.15) is 5.26 Å². The van der Waals surface area contributed by atoms with Crippen LogP contribution in [0.5, 0.6) is 0 Å². The predicted molar refractivity (Wildman–Crippen MR) is 62.3 cm³/mol. The summed E-state index contributed by atoms with van der Waals surface area (Å²) >= 11 is 13.0. The van der Waals surface area contributed by atoms with Crippen molar-refractivity contribution in [2.75, 3.05) is 0 Å². The van der Waals surface area contributed by atoms with E-state index in [1.807, 2.05) is 18.2 Å². The minimum absolute atomic E-state index is 0.261. The highest BCUT2D eigenvalue weighted by molar-refractivity contribution is 7.19. The van der Waals surface area contributed by atoms with Crippen LogP contribution in [0.4, 0.5) is 0 Å². The second kappa shape index (κ2) is 4.19. The molecule has 0 saturated heterocycles. The van der Waals surface area contributed by atoms with Crippen LogP contribution in [0.15, 0.2) is 24.3 Å². The summed E-state index contributed by atoms with van der Waals surface area (Å²) in [4.78, 5) is 4.11. The first kappa shape index (κ1) is 10.4. The molecule has 1 heterocycles. The van der Waals surface area contributed by atoms with Crippen LogP contribution in [0.3, 0.4) is 0 Å². The summed E-state index contributed by atoms with van der Waals surface area (Å²) in [6, 6.07) is 9.22. The number of thiazole rings is 1. The maximum Gasteiger partial charge on any atom is 0.170 e. The Bertz CT molecular complexity index is 543. The Morgan fingerprint density at radius 2 is 2.13 bits per heavy atom. The lowest BCUT2D eigenvalue weighted by Crippen LogP contribution is -1.77. The van der Waals surface area contributed by atoms with Gasteiger partial charge in [0.15, 0.2) is 5.69 Å². The molecule has 0 atom stereocenters. The van der Waals surface area contributed by atoms with Crippen LogP contribution in [-0.2, 0) is 0 Å². The van der Waals surface area contributed by atoms with Crippen LogP contribution < -0.4 is 0 Å². The van der Waals surface area contributed by atoms with E-state index in [1.54, 1.807) is 12.1 Å². The fourth-order valence-corrected chi connectivity index (χ4v) is 2.35. The number of rotatable bonds is 1. The normalized spacial score (nSPS) is 9.93. The van der Waals surface area contributed by atoms with Gasteiger partial charge in [0, 0.05) is 10.6 Å². The number of aromatic nitrogens is 1. The number of nitrogens with zero attached hydrogens (tertiary/aromatic N) is 2. The zero-order chi connectivity index (χ0) is 10.8. The van der Waals surface area contributed by atoms with E-state index in [-0.39, 0.29) is 5.69 Å². The van der Waals surface area contributed by atoms with Crippen LogP contribution in [0.1, 0.15) is 5.69 Å². The van der Waals surface area contributed by atoms with Gasteiger partial charge in [-0.3, -0.25) is 0 Å². The zero-order valence-corrected chi connectivity index (χ0v) is 9.70. The molecule has 0 saturated carbocycles. The van der Waals surface area contributed by atoms with Gasteiger partial charge in [-0.25, -0.2) is 4.98 Å². The first-order valence-electron chi connectivity index (χ1n) is 4.03. The van der Waals surface area contributed by atoms with Crippen LogP contribution in [0.2, 0.25) is 9.36 Å². The van der Waals surface area contributed by atoms with Crippen molar-refractivity contribution >= 4 is 34.5 Å². The Kier molecular flexibility index (Phi) is 2.92. The molecule has 5 heteroatoms. The molecular formula is C10H4Cl2N2S. The summed E-state index contributed by atoms with van der Waals surface area (Å²) in [7, 11) is 0. The maximum absolute atomic E-state index is 8.72. The molecular weight excluding hydrogens is 251 g/mol. The van der Waals surface area contributed by atoms with E-state index in [9.17, 15) is 0 Å². The summed E-state index contributed by atoms with van der Waals surface area (Å²) in [6.45, 7) is 0. The third-order valence-corrected chi connectivity index (χ3v) is 3.30. The van der Waals surface area contributed by atoms with Crippen molar-refractivity contribution in [1.29, 1.82) is 5.26 Å². The van der Waals surface area contributed by atoms with E-state index in [0.29, 0.717) is 14.4 Å². The number of benzene rings is 1. The van der Waals surface area contributed by atoms with Gasteiger partial charge in [0.2, 0.25) is 0 Å². The van der Waals surface area contributed by atoms with Crippen molar-refractivity contribution < 1.29 is 0 Å². The molecule has 2 rings (SSSR count). The molecule has 0 unspecified atom stereocenters. The molecule has 0 amide bonds. The fraction of sp³-hybridized carbons (Fsp3) is 0. The summed E-state index contributed by atoms with van der Waals surface area (Å²) in [6.07, 6.45) is 0. The smallest absolute Gasteiger partial charge is 0.170 e. The van der Waals surface area contributed by atoms with Crippen LogP contribution in [-0.4, -0.2) is 4.98 Å². The van der Waals surface area contributed by atoms with E-state index < -0.39 is 0 Å². The fourth-order valence-electron chi connectivity index (χ4n) is 1.12. The second-order valence-electron chi connectivity index (χ2n) is 2.76. The molecule has 0 N–H and O–H groups in total. The SMILES string of the molecule is N#Cc1nc(-c2cccc(Cl)c2)sc1Cl. The molecule has 0 bridgehead atoms. The first-order chi connectivity index (χ1) is 7.20. The van der Waals surface area contributed by atoms with E-state index in [4.69, 9.17) is 28.5 Å². The van der Waals surface area contributed by atoms with E-state index >= 15 is 0 Å². The summed E-state index contributed by atoms with van der Waals surface area (Å²) in [5, 5.41) is 10.1. The average molecular weight is 255 g/mol. The number of nitriles is 1. The molecule has 0 aliphatic heterocycles. The van der Waals surface area contributed by atoms with Gasteiger partial charge in [0.1, 0.15) is 15.4 Å². The highest BCUT2D eigenvalue weighted by Crippen LogP contribution is 2.32. The van der Waals surface area contributed by atoms with Gasteiger partial charge in [-0.15, -0.1) is 11.3 Å². The molecule has 0 radical (unpaired) electrons. The highest BCUT2D eigenvalue weighted by Gasteiger charge is 2.10. The topological polar surface area (TPSA) is 36.7 Å². The first-order valence-corrected chi connectivity index (χ1v) is 5.60. The van der Waals surface area contributed by atoms with Crippen molar-refractivity contribution in [3.63, 3.8) is 0 Å². The Morgan fingerprint density at radius 3 is 2.73 bits per heavy atom. The number of hydrogen-bond acceptors (Lipinski definition) is 3. The van der Waals surface area contributed by atoms with Crippen molar-refractivity contribution in [1.82, 2.24) is 4.98 Å². The second-order valence-corrected chi connectivity index (χ2v) is 4.80. The molecule has 0 aliphatic carbocycles. The monoisotopic (exact) mass is 254 g/mol. The quantitative estimate of drug-likeness (QED) is 0.772. The van der Waals surface area contributed by atoms with Gasteiger partial charge < -0.3 is 0 Å². The third kappa shape index (κ3) is 2.13. The summed E-state index contributed by atoms with van der Waals surface area (Å²) < 4.78 is 0.410. The van der Waals surface area contributed by atoms with Crippen molar-refractivity contribution in [3.05, 3.63) is 39.3 Å². The molecule has 15 heavy (non-hydrogen) atoms.